The van der Waals surface area contributed by atoms with Crippen LogP contribution in [0, 0.1) is 0 Å². The number of hydrogen-bond acceptors (Lipinski definition) is 11. The van der Waals surface area contributed by atoms with Crippen LogP contribution in [0.3, 0.4) is 0 Å². The molecule has 16 heteroatoms. The molecule has 0 saturated heterocycles. The van der Waals surface area contributed by atoms with Crippen LogP contribution in [0.25, 0.3) is 0 Å². The molecule has 1 aromatic rings. The van der Waals surface area contributed by atoms with E-state index in [1.54, 1.807) is 7.11 Å². The van der Waals surface area contributed by atoms with Crippen molar-refractivity contribution in [1.29, 1.82) is 0 Å². The number of hydrogen-bond donors (Lipinski definition) is 3. The number of amides is 2. The second kappa shape index (κ2) is 24.8. The first kappa shape index (κ1) is 37.2. The van der Waals surface area contributed by atoms with E-state index in [2.05, 4.69) is 20.7 Å². The fraction of sp³-hybridized carbons (Fsp3) is 0.680. The molecular weight excluding hydrogens is 609 g/mol. The van der Waals surface area contributed by atoms with Gasteiger partial charge in [-0.3, -0.25) is 0 Å². The molecule has 236 valence electrons. The molecule has 0 atom stereocenters. The number of carbonyl (C=O) groups is 2. The molecule has 0 spiro atoms. The summed E-state index contributed by atoms with van der Waals surface area (Å²) >= 11 is 16.0. The number of rotatable bonds is 24. The summed E-state index contributed by atoms with van der Waals surface area (Å²) in [6.07, 6.45) is -1.35. The van der Waals surface area contributed by atoms with E-state index in [-0.39, 0.29) is 19.8 Å². The van der Waals surface area contributed by atoms with E-state index in [0.29, 0.717) is 79.1 Å². The lowest BCUT2D eigenvalue weighted by molar-refractivity contribution is 0.0151. The van der Waals surface area contributed by atoms with Gasteiger partial charge in [0.05, 0.1) is 73.2 Å². The van der Waals surface area contributed by atoms with Crippen LogP contribution in [-0.4, -0.2) is 116 Å². The quantitative estimate of drug-likeness (QED) is 0.112. The molecule has 0 saturated carbocycles. The Labute approximate surface area is 255 Å². The number of benzene rings is 1. The van der Waals surface area contributed by atoms with Gasteiger partial charge in [0.1, 0.15) is 12.4 Å². The maximum absolute atomic E-state index is 11.7. The molecular formula is C25H40Cl3N3O10. The zero-order valence-corrected chi connectivity index (χ0v) is 25.4. The van der Waals surface area contributed by atoms with E-state index < -0.39 is 16.2 Å². The van der Waals surface area contributed by atoms with Gasteiger partial charge in [0, 0.05) is 26.2 Å². The summed E-state index contributed by atoms with van der Waals surface area (Å²) in [6.45, 7) is 6.41. The summed E-state index contributed by atoms with van der Waals surface area (Å²) in [5.41, 5.74) is 0.870. The summed E-state index contributed by atoms with van der Waals surface area (Å²) < 4.78 is 39.6. The van der Waals surface area contributed by atoms with Crippen LogP contribution >= 0.6 is 34.8 Å². The highest BCUT2D eigenvalue weighted by Gasteiger charge is 2.24. The minimum atomic E-state index is -2.09. The van der Waals surface area contributed by atoms with Gasteiger partial charge in [0.25, 0.3) is 0 Å². The van der Waals surface area contributed by atoms with E-state index in [1.165, 1.54) is 0 Å². The highest BCUT2D eigenvalue weighted by molar-refractivity contribution is 6.66. The largest absolute Gasteiger partial charge is 0.497 e. The molecule has 0 aromatic heterocycles. The lowest BCUT2D eigenvalue weighted by Crippen LogP contribution is -2.31. The lowest BCUT2D eigenvalue weighted by Gasteiger charge is -2.12. The van der Waals surface area contributed by atoms with Crippen LogP contribution in [-0.2, 0) is 39.8 Å². The van der Waals surface area contributed by atoms with E-state index in [9.17, 15) is 9.59 Å². The molecule has 41 heavy (non-hydrogen) atoms. The van der Waals surface area contributed by atoms with Gasteiger partial charge in [-0.05, 0) is 52.5 Å². The Balaban J connectivity index is 1.74. The standard InChI is InChI=1S/C25H40Cl3N3O10/c1-34-22-4-2-21(3-5-22)20-40-23(32)30-8-12-37-17-19-39-18-16-36-11-7-29-6-10-35-14-15-38-13-9-31-24(33)41-25(26,27)28/h2-5,29H,6-20H2,1H3,(H,30,32)(H,31,33). The van der Waals surface area contributed by atoms with Crippen molar-refractivity contribution in [3.05, 3.63) is 29.8 Å². The fourth-order valence-corrected chi connectivity index (χ4v) is 3.00. The maximum Gasteiger partial charge on any atom is 0.410 e. The lowest BCUT2D eigenvalue weighted by atomic mass is 10.2. The number of methoxy groups -OCH3 is 1. The number of ether oxygens (including phenoxy) is 8. The van der Waals surface area contributed by atoms with Gasteiger partial charge in [0.15, 0.2) is 0 Å². The molecule has 2 amide bonds. The molecule has 3 N–H and O–H groups in total. The first-order chi connectivity index (χ1) is 19.8. The molecule has 13 nitrogen and oxygen atoms in total. The Kier molecular flexibility index (Phi) is 22.5. The summed E-state index contributed by atoms with van der Waals surface area (Å²) in [5.74, 6) is 0.746. The Morgan fingerprint density at radius 2 is 1.10 bits per heavy atom. The van der Waals surface area contributed by atoms with Crippen molar-refractivity contribution in [3.8, 4) is 5.75 Å². The van der Waals surface area contributed by atoms with Crippen molar-refractivity contribution < 1.29 is 47.5 Å². The molecule has 0 aliphatic rings. The second-order valence-electron chi connectivity index (χ2n) is 7.92. The smallest absolute Gasteiger partial charge is 0.410 e. The zero-order chi connectivity index (χ0) is 30.0. The molecule has 0 aliphatic carbocycles. The van der Waals surface area contributed by atoms with E-state index in [4.69, 9.17) is 68.0 Å². The van der Waals surface area contributed by atoms with Gasteiger partial charge in [-0.2, -0.15) is 0 Å². The van der Waals surface area contributed by atoms with Crippen LogP contribution in [0.15, 0.2) is 24.3 Å². The molecule has 1 aromatic carbocycles. The van der Waals surface area contributed by atoms with Crippen molar-refractivity contribution in [1.82, 2.24) is 16.0 Å². The molecule has 1 rings (SSSR count). The third-order valence-corrected chi connectivity index (χ3v) is 4.96. The van der Waals surface area contributed by atoms with Gasteiger partial charge in [-0.1, -0.05) is 12.1 Å². The molecule has 0 bridgehead atoms. The SMILES string of the molecule is COc1ccc(COC(=O)NCCOCCOCCOCCNCCOCCOCCNC(=O)OC(Cl)(Cl)Cl)cc1. The minimum absolute atomic E-state index is 0.180. The number of nitrogens with one attached hydrogen (secondary N) is 3. The first-order valence-electron chi connectivity index (χ1n) is 13.0. The highest BCUT2D eigenvalue weighted by Crippen LogP contribution is 2.27. The minimum Gasteiger partial charge on any atom is -0.497 e. The van der Waals surface area contributed by atoms with Crippen LogP contribution < -0.4 is 20.7 Å². The third-order valence-electron chi connectivity index (χ3n) is 4.73. The van der Waals surface area contributed by atoms with E-state index in [0.717, 1.165) is 11.3 Å². The van der Waals surface area contributed by atoms with Gasteiger partial charge in [0.2, 0.25) is 0 Å². The summed E-state index contributed by atoms with van der Waals surface area (Å²) in [7, 11) is 1.59. The van der Waals surface area contributed by atoms with Crippen LogP contribution in [0.5, 0.6) is 5.75 Å². The Bertz CT molecular complexity index is 804. The third kappa shape index (κ3) is 24.5. The molecule has 0 fully saturated rings. The van der Waals surface area contributed by atoms with Crippen LogP contribution in [0.2, 0.25) is 0 Å². The van der Waals surface area contributed by atoms with Crippen molar-refractivity contribution in [3.63, 3.8) is 0 Å². The summed E-state index contributed by atoms with van der Waals surface area (Å²) in [4.78, 5) is 22.9. The topological polar surface area (TPSA) is 144 Å². The van der Waals surface area contributed by atoms with Gasteiger partial charge >= 0.3 is 16.2 Å². The van der Waals surface area contributed by atoms with Crippen molar-refractivity contribution >= 4 is 47.0 Å². The highest BCUT2D eigenvalue weighted by atomic mass is 35.6. The number of carbonyl (C=O) groups excluding carboxylic acids is 2. The van der Waals surface area contributed by atoms with Crippen molar-refractivity contribution in [2.45, 2.75) is 10.6 Å². The Hall–Kier alpha value is -1.81. The van der Waals surface area contributed by atoms with Gasteiger partial charge in [-0.25, -0.2) is 9.59 Å². The molecule has 0 heterocycles. The number of alkyl carbamates (subject to hydrolysis) is 2. The molecule has 0 unspecified atom stereocenters. The Morgan fingerprint density at radius 1 is 0.659 bits per heavy atom. The predicted octanol–water partition coefficient (Wildman–Crippen LogP) is 2.65. The average Bonchev–Trinajstić information content (AvgIpc) is 2.94. The summed E-state index contributed by atoms with van der Waals surface area (Å²) in [6, 6.07) is 7.28. The van der Waals surface area contributed by atoms with Crippen molar-refractivity contribution in [2.75, 3.05) is 99.4 Å². The van der Waals surface area contributed by atoms with Crippen LogP contribution in [0.1, 0.15) is 5.56 Å². The number of alkyl halides is 3. The van der Waals surface area contributed by atoms with E-state index in [1.807, 2.05) is 24.3 Å². The average molecular weight is 649 g/mol. The first-order valence-corrected chi connectivity index (χ1v) is 14.1. The fourth-order valence-electron chi connectivity index (χ4n) is 2.79. The molecule has 0 aliphatic heterocycles. The van der Waals surface area contributed by atoms with Gasteiger partial charge < -0.3 is 53.8 Å². The number of halogens is 3. The van der Waals surface area contributed by atoms with E-state index >= 15 is 0 Å². The Morgan fingerprint density at radius 3 is 1.56 bits per heavy atom. The normalized spacial score (nSPS) is 11.2. The van der Waals surface area contributed by atoms with Gasteiger partial charge in [-0.15, -0.1) is 0 Å². The zero-order valence-electron chi connectivity index (χ0n) is 23.1. The van der Waals surface area contributed by atoms with Crippen LogP contribution in [0.4, 0.5) is 9.59 Å². The second-order valence-corrected chi connectivity index (χ2v) is 10.1. The van der Waals surface area contributed by atoms with Crippen molar-refractivity contribution in [2.24, 2.45) is 0 Å². The predicted molar refractivity (Wildman–Crippen MR) is 153 cm³/mol. The molecule has 0 radical (unpaired) electrons. The monoisotopic (exact) mass is 647 g/mol. The summed E-state index contributed by atoms with van der Waals surface area (Å²) in [5, 5.41) is 8.20. The maximum atomic E-state index is 11.7.